The normalized spacial score (nSPS) is 10.4. The van der Waals surface area contributed by atoms with Crippen molar-refractivity contribution in [3.05, 3.63) is 47.4 Å². The van der Waals surface area contributed by atoms with Gasteiger partial charge >= 0.3 is 5.97 Å². The van der Waals surface area contributed by atoms with Crippen LogP contribution in [0.1, 0.15) is 21.7 Å². The Morgan fingerprint density at radius 2 is 1.81 bits per heavy atom. The fourth-order valence-corrected chi connectivity index (χ4v) is 1.67. The largest absolute Gasteiger partial charge is 0.478 e. The second-order valence-corrected chi connectivity index (χ2v) is 3.66. The van der Waals surface area contributed by atoms with E-state index in [-0.39, 0.29) is 5.56 Å². The third-order valence-electron chi connectivity index (χ3n) is 2.50. The summed E-state index contributed by atoms with van der Waals surface area (Å²) in [5.74, 6) is -0.218. The molecule has 82 valence electrons. The van der Waals surface area contributed by atoms with Gasteiger partial charge < -0.3 is 9.67 Å². The number of aromatic carboxylic acids is 1. The zero-order valence-corrected chi connectivity index (χ0v) is 9.14. The first-order chi connectivity index (χ1) is 7.59. The number of hydrogen-bond donors (Lipinski definition) is 1. The van der Waals surface area contributed by atoms with Crippen LogP contribution >= 0.6 is 0 Å². The fraction of sp³-hybridized carbons (Fsp3) is 0.167. The highest BCUT2D eigenvalue weighted by atomic mass is 16.4. The van der Waals surface area contributed by atoms with E-state index in [0.29, 0.717) is 0 Å². The molecular formula is C12H12N2O2. The van der Waals surface area contributed by atoms with Crippen LogP contribution in [0.4, 0.5) is 0 Å². The molecule has 16 heavy (non-hydrogen) atoms. The maximum atomic E-state index is 10.7. The molecule has 0 aliphatic carbocycles. The molecule has 2 aromatic rings. The van der Waals surface area contributed by atoms with Gasteiger partial charge in [0.2, 0.25) is 0 Å². The third-order valence-corrected chi connectivity index (χ3v) is 2.50. The number of carboxylic acid groups (broad SMARTS) is 1. The van der Waals surface area contributed by atoms with Gasteiger partial charge in [-0.3, -0.25) is 0 Å². The standard InChI is InChI=1S/C12H12N2O2/c1-8-3-4-9(2)14(8)11-6-5-10(7-13-11)12(15)16/h3-7H,1-2H3,(H,15,16). The van der Waals surface area contributed by atoms with Crippen molar-refractivity contribution in [3.8, 4) is 5.82 Å². The Kier molecular flexibility index (Phi) is 2.48. The number of hydrogen-bond acceptors (Lipinski definition) is 2. The first-order valence-corrected chi connectivity index (χ1v) is 4.94. The Balaban J connectivity index is 2.46. The average molecular weight is 216 g/mol. The van der Waals surface area contributed by atoms with Crippen molar-refractivity contribution in [3.63, 3.8) is 0 Å². The van der Waals surface area contributed by atoms with Gasteiger partial charge in [-0.1, -0.05) is 0 Å². The van der Waals surface area contributed by atoms with Crippen LogP contribution in [0.3, 0.4) is 0 Å². The van der Waals surface area contributed by atoms with E-state index in [4.69, 9.17) is 5.11 Å². The summed E-state index contributed by atoms with van der Waals surface area (Å²) in [4.78, 5) is 14.8. The Morgan fingerprint density at radius 3 is 2.25 bits per heavy atom. The van der Waals surface area contributed by atoms with Gasteiger partial charge in [-0.25, -0.2) is 9.78 Å². The lowest BCUT2D eigenvalue weighted by molar-refractivity contribution is 0.0696. The lowest BCUT2D eigenvalue weighted by Crippen LogP contribution is -2.03. The quantitative estimate of drug-likeness (QED) is 0.837. The molecule has 0 aromatic carbocycles. The Morgan fingerprint density at radius 1 is 1.19 bits per heavy atom. The van der Waals surface area contributed by atoms with E-state index >= 15 is 0 Å². The van der Waals surface area contributed by atoms with Crippen molar-refractivity contribution in [2.45, 2.75) is 13.8 Å². The van der Waals surface area contributed by atoms with E-state index in [9.17, 15) is 4.79 Å². The third kappa shape index (κ3) is 1.69. The van der Waals surface area contributed by atoms with Gasteiger partial charge in [0.15, 0.2) is 0 Å². The van der Waals surface area contributed by atoms with Crippen molar-refractivity contribution in [2.75, 3.05) is 0 Å². The summed E-state index contributed by atoms with van der Waals surface area (Å²) in [5.41, 5.74) is 2.35. The van der Waals surface area contributed by atoms with Crippen molar-refractivity contribution in [2.24, 2.45) is 0 Å². The summed E-state index contributed by atoms with van der Waals surface area (Å²) in [7, 11) is 0. The van der Waals surface area contributed by atoms with E-state index < -0.39 is 5.97 Å². The van der Waals surface area contributed by atoms with Crippen molar-refractivity contribution in [1.82, 2.24) is 9.55 Å². The maximum absolute atomic E-state index is 10.7. The van der Waals surface area contributed by atoms with Gasteiger partial charge in [0.25, 0.3) is 0 Å². The number of rotatable bonds is 2. The minimum atomic E-state index is -0.958. The van der Waals surface area contributed by atoms with Gasteiger partial charge in [0, 0.05) is 17.6 Å². The Labute approximate surface area is 93.2 Å². The van der Waals surface area contributed by atoms with Crippen molar-refractivity contribution in [1.29, 1.82) is 0 Å². The zero-order valence-electron chi connectivity index (χ0n) is 9.14. The molecule has 0 saturated heterocycles. The molecule has 0 bridgehead atoms. The van der Waals surface area contributed by atoms with Crippen LogP contribution < -0.4 is 0 Å². The van der Waals surface area contributed by atoms with Crippen LogP contribution in [0.25, 0.3) is 5.82 Å². The molecular weight excluding hydrogens is 204 g/mol. The van der Waals surface area contributed by atoms with Gasteiger partial charge in [0.1, 0.15) is 5.82 Å². The first-order valence-electron chi connectivity index (χ1n) is 4.94. The highest BCUT2D eigenvalue weighted by Gasteiger charge is 2.07. The molecule has 0 radical (unpaired) electrons. The van der Waals surface area contributed by atoms with E-state index in [1.165, 1.54) is 6.20 Å². The molecule has 0 aliphatic heterocycles. The maximum Gasteiger partial charge on any atom is 0.337 e. The highest BCUT2D eigenvalue weighted by Crippen LogP contribution is 2.14. The molecule has 4 heteroatoms. The number of aryl methyl sites for hydroxylation is 2. The zero-order chi connectivity index (χ0) is 11.7. The molecule has 0 amide bonds. The lowest BCUT2D eigenvalue weighted by atomic mass is 10.3. The molecule has 2 aromatic heterocycles. The number of carboxylic acids is 1. The van der Waals surface area contributed by atoms with Gasteiger partial charge in [-0.15, -0.1) is 0 Å². The molecule has 0 fully saturated rings. The average Bonchev–Trinajstić information content (AvgIpc) is 2.59. The predicted octanol–water partition coefficient (Wildman–Crippen LogP) is 2.19. The minimum Gasteiger partial charge on any atom is -0.478 e. The van der Waals surface area contributed by atoms with E-state index in [1.54, 1.807) is 12.1 Å². The van der Waals surface area contributed by atoms with Crippen LogP contribution in [0.2, 0.25) is 0 Å². The van der Waals surface area contributed by atoms with Gasteiger partial charge in [-0.05, 0) is 38.1 Å². The molecule has 1 N–H and O–H groups in total. The van der Waals surface area contributed by atoms with Crippen molar-refractivity contribution >= 4 is 5.97 Å². The molecule has 2 heterocycles. The fourth-order valence-electron chi connectivity index (χ4n) is 1.67. The molecule has 4 nitrogen and oxygen atoms in total. The smallest absolute Gasteiger partial charge is 0.337 e. The number of pyridine rings is 1. The number of aromatic nitrogens is 2. The topological polar surface area (TPSA) is 55.1 Å². The number of nitrogens with zero attached hydrogens (tertiary/aromatic N) is 2. The molecule has 2 rings (SSSR count). The van der Waals surface area contributed by atoms with Crippen LogP contribution in [0.15, 0.2) is 30.5 Å². The van der Waals surface area contributed by atoms with E-state index in [2.05, 4.69) is 4.98 Å². The van der Waals surface area contributed by atoms with Crippen LogP contribution in [-0.4, -0.2) is 20.6 Å². The van der Waals surface area contributed by atoms with Crippen LogP contribution in [0.5, 0.6) is 0 Å². The Hall–Kier alpha value is -2.10. The molecule has 0 aliphatic rings. The van der Waals surface area contributed by atoms with Crippen LogP contribution in [-0.2, 0) is 0 Å². The van der Waals surface area contributed by atoms with Crippen LogP contribution in [0, 0.1) is 13.8 Å². The van der Waals surface area contributed by atoms with E-state index in [0.717, 1.165) is 17.2 Å². The summed E-state index contributed by atoms with van der Waals surface area (Å²) in [6.45, 7) is 3.97. The molecule has 0 atom stereocenters. The van der Waals surface area contributed by atoms with Gasteiger partial charge in [-0.2, -0.15) is 0 Å². The second-order valence-electron chi connectivity index (χ2n) is 3.66. The summed E-state index contributed by atoms with van der Waals surface area (Å²) < 4.78 is 1.98. The predicted molar refractivity (Wildman–Crippen MR) is 60.0 cm³/mol. The number of carbonyl (C=O) groups is 1. The first kappa shape index (κ1) is 10.4. The van der Waals surface area contributed by atoms with Crippen molar-refractivity contribution < 1.29 is 9.90 Å². The highest BCUT2D eigenvalue weighted by molar-refractivity contribution is 5.87. The molecule has 0 spiro atoms. The Bertz CT molecular complexity index is 507. The lowest BCUT2D eigenvalue weighted by Gasteiger charge is -2.07. The monoisotopic (exact) mass is 216 g/mol. The van der Waals surface area contributed by atoms with Gasteiger partial charge in [0.05, 0.1) is 5.56 Å². The summed E-state index contributed by atoms with van der Waals surface area (Å²) in [6, 6.07) is 7.28. The summed E-state index contributed by atoms with van der Waals surface area (Å²) in [6.07, 6.45) is 1.37. The summed E-state index contributed by atoms with van der Waals surface area (Å²) in [5, 5.41) is 8.77. The molecule has 0 unspecified atom stereocenters. The molecule has 0 saturated carbocycles. The SMILES string of the molecule is Cc1ccc(C)n1-c1ccc(C(=O)O)cn1. The minimum absolute atomic E-state index is 0.200. The van der Waals surface area contributed by atoms with E-state index in [1.807, 2.05) is 30.5 Å². The summed E-state index contributed by atoms with van der Waals surface area (Å²) >= 11 is 0. The second kappa shape index (κ2) is 3.81.